The number of nitrogens with two attached hydrogens (primary N) is 2. The van der Waals surface area contributed by atoms with E-state index in [-0.39, 0.29) is 6.01 Å². The molecule has 0 aliphatic carbocycles. The summed E-state index contributed by atoms with van der Waals surface area (Å²) in [6, 6.07) is 21.1. The zero-order valence-corrected chi connectivity index (χ0v) is 21.0. The van der Waals surface area contributed by atoms with Crippen LogP contribution >= 0.6 is 0 Å². The van der Waals surface area contributed by atoms with Crippen molar-refractivity contribution in [1.29, 1.82) is 0 Å². The Balaban J connectivity index is 1.49. The molecule has 3 aromatic carbocycles. The number of hydrogen-bond acceptors (Lipinski definition) is 9. The molecular weight excluding hydrogens is 492 g/mol. The van der Waals surface area contributed by atoms with Gasteiger partial charge in [-0.05, 0) is 54.5 Å². The van der Waals surface area contributed by atoms with Crippen LogP contribution in [0.4, 0.5) is 17.5 Å². The highest BCUT2D eigenvalue weighted by molar-refractivity contribution is 5.99. The summed E-state index contributed by atoms with van der Waals surface area (Å²) in [6.07, 6.45) is 4.25. The second-order valence-electron chi connectivity index (χ2n) is 9.05. The van der Waals surface area contributed by atoms with Crippen molar-refractivity contribution in [3.8, 4) is 11.3 Å². The Hall–Kier alpha value is -5.51. The minimum Gasteiger partial charge on any atom is -0.424 e. The van der Waals surface area contributed by atoms with Crippen LogP contribution in [-0.2, 0) is 6.54 Å². The Labute approximate surface area is 223 Å². The predicted molar refractivity (Wildman–Crippen MR) is 152 cm³/mol. The summed E-state index contributed by atoms with van der Waals surface area (Å²) >= 11 is 0. The van der Waals surface area contributed by atoms with Crippen molar-refractivity contribution in [1.82, 2.24) is 24.7 Å². The van der Waals surface area contributed by atoms with E-state index in [2.05, 4.69) is 20.3 Å². The van der Waals surface area contributed by atoms with Gasteiger partial charge in [-0.3, -0.25) is 4.79 Å². The van der Waals surface area contributed by atoms with Crippen molar-refractivity contribution in [2.75, 3.05) is 16.8 Å². The molecule has 0 aliphatic heterocycles. The number of fused-ring (bicyclic) bond motifs is 2. The molecule has 39 heavy (non-hydrogen) atoms. The molecule has 10 heteroatoms. The van der Waals surface area contributed by atoms with Crippen LogP contribution in [0, 0.1) is 6.92 Å². The number of oxazole rings is 1. The molecular formula is C29H24N8O2. The number of aldehydes is 1. The number of para-hydroxylation sites is 1. The van der Waals surface area contributed by atoms with E-state index in [1.807, 2.05) is 73.7 Å². The normalized spacial score (nSPS) is 11.8. The van der Waals surface area contributed by atoms with Gasteiger partial charge < -0.3 is 21.2 Å². The lowest BCUT2D eigenvalue weighted by Crippen LogP contribution is -2.11. The van der Waals surface area contributed by atoms with Crippen molar-refractivity contribution in [2.45, 2.75) is 13.5 Å². The lowest BCUT2D eigenvalue weighted by Gasteiger charge is -2.13. The van der Waals surface area contributed by atoms with Gasteiger partial charge in [0.2, 0.25) is 0 Å². The lowest BCUT2D eigenvalue weighted by atomic mass is 10.0. The summed E-state index contributed by atoms with van der Waals surface area (Å²) < 4.78 is 7.19. The number of carbonyl (C=O) groups is 1. The highest BCUT2D eigenvalue weighted by Gasteiger charge is 2.19. The van der Waals surface area contributed by atoms with Crippen LogP contribution < -0.4 is 16.8 Å². The van der Waals surface area contributed by atoms with Crippen LogP contribution in [0.1, 0.15) is 21.5 Å². The molecule has 0 saturated heterocycles. The van der Waals surface area contributed by atoms with Gasteiger partial charge in [0.05, 0.1) is 11.9 Å². The van der Waals surface area contributed by atoms with Gasteiger partial charge in [0.25, 0.3) is 6.01 Å². The summed E-state index contributed by atoms with van der Waals surface area (Å²) in [4.78, 5) is 24.9. The van der Waals surface area contributed by atoms with Gasteiger partial charge in [-0.15, -0.1) is 0 Å². The molecule has 0 saturated carbocycles. The largest absolute Gasteiger partial charge is 0.424 e. The third-order valence-electron chi connectivity index (χ3n) is 6.44. The highest BCUT2D eigenvalue weighted by Crippen LogP contribution is 2.33. The Kier molecular flexibility index (Phi) is 5.96. The number of aryl methyl sites for hydroxylation is 1. The van der Waals surface area contributed by atoms with E-state index in [1.54, 1.807) is 10.7 Å². The van der Waals surface area contributed by atoms with Crippen molar-refractivity contribution in [2.24, 2.45) is 0 Å². The third-order valence-corrected chi connectivity index (χ3v) is 6.44. The molecule has 0 atom stereocenters. The molecule has 6 aromatic rings. The summed E-state index contributed by atoms with van der Waals surface area (Å²) in [6.45, 7) is 2.23. The fourth-order valence-corrected chi connectivity index (χ4v) is 4.60. The SMILES string of the molecule is Cc1cccc(/C=C(/Cn2nc(-c3ccc4oc(N)nc4c3)c3c(N)ncnc32)Nc2ccccc2)c1C=O. The average Bonchev–Trinajstić information content (AvgIpc) is 3.49. The molecule has 0 fully saturated rings. The van der Waals surface area contributed by atoms with Gasteiger partial charge in [0, 0.05) is 22.5 Å². The number of carbonyl (C=O) groups excluding carboxylic acids is 1. The first-order valence-corrected chi connectivity index (χ1v) is 12.2. The number of anilines is 3. The van der Waals surface area contributed by atoms with Gasteiger partial charge in [0.1, 0.15) is 23.4 Å². The Morgan fingerprint density at radius 1 is 1.05 bits per heavy atom. The fraction of sp³-hybridized carbons (Fsp3) is 0.0690. The maximum absolute atomic E-state index is 11.9. The van der Waals surface area contributed by atoms with Gasteiger partial charge in [-0.25, -0.2) is 14.6 Å². The van der Waals surface area contributed by atoms with E-state index < -0.39 is 0 Å². The molecule has 10 nitrogen and oxygen atoms in total. The number of nitrogen functional groups attached to an aromatic ring is 2. The second-order valence-corrected chi connectivity index (χ2v) is 9.05. The van der Waals surface area contributed by atoms with Crippen molar-refractivity contribution >= 4 is 52.0 Å². The minimum atomic E-state index is 0.0907. The molecule has 192 valence electrons. The van der Waals surface area contributed by atoms with E-state index in [1.165, 1.54) is 6.33 Å². The van der Waals surface area contributed by atoms with E-state index in [9.17, 15) is 4.79 Å². The standard InChI is InChI=1S/C29H24N8O2/c1-17-6-5-7-18(22(17)15-38)12-21(34-20-8-3-2-4-9-20)14-37-28-25(27(30)32-16-33-28)26(36-37)19-10-11-24-23(13-19)35-29(31)39-24/h2-13,15-16,34H,14H2,1H3,(H2,31,35)(H2,30,32,33)/b21-12-. The minimum absolute atomic E-state index is 0.0907. The molecule has 0 spiro atoms. The molecule has 0 amide bonds. The summed E-state index contributed by atoms with van der Waals surface area (Å²) in [5, 5.41) is 9.01. The molecule has 6 rings (SSSR count). The van der Waals surface area contributed by atoms with Crippen molar-refractivity contribution in [3.05, 3.63) is 95.4 Å². The summed E-state index contributed by atoms with van der Waals surface area (Å²) in [5.41, 5.74) is 19.2. The van der Waals surface area contributed by atoms with E-state index >= 15 is 0 Å². The smallest absolute Gasteiger partial charge is 0.292 e. The number of nitrogens with one attached hydrogen (secondary N) is 1. The van der Waals surface area contributed by atoms with Gasteiger partial charge in [-0.1, -0.05) is 36.4 Å². The number of aromatic nitrogens is 5. The van der Waals surface area contributed by atoms with Gasteiger partial charge >= 0.3 is 0 Å². The third kappa shape index (κ3) is 4.55. The molecule has 0 radical (unpaired) electrons. The molecule has 0 unspecified atom stereocenters. The van der Waals surface area contributed by atoms with Crippen LogP contribution in [0.25, 0.3) is 39.5 Å². The Bertz CT molecular complexity index is 1870. The Morgan fingerprint density at radius 2 is 1.90 bits per heavy atom. The molecule has 5 N–H and O–H groups in total. The summed E-state index contributed by atoms with van der Waals surface area (Å²) in [5.74, 6) is 0.310. The van der Waals surface area contributed by atoms with Crippen LogP contribution in [0.3, 0.4) is 0 Å². The van der Waals surface area contributed by atoms with E-state index in [0.717, 1.165) is 34.4 Å². The fourth-order valence-electron chi connectivity index (χ4n) is 4.60. The first-order chi connectivity index (χ1) is 19.0. The zero-order valence-electron chi connectivity index (χ0n) is 21.0. The summed E-state index contributed by atoms with van der Waals surface area (Å²) in [7, 11) is 0. The molecule has 0 aliphatic rings. The van der Waals surface area contributed by atoms with E-state index in [0.29, 0.717) is 45.8 Å². The maximum atomic E-state index is 11.9. The quantitative estimate of drug-likeness (QED) is 0.247. The number of nitrogens with zero attached hydrogens (tertiary/aromatic N) is 5. The second kappa shape index (κ2) is 9.75. The first-order valence-electron chi connectivity index (χ1n) is 12.2. The monoisotopic (exact) mass is 516 g/mol. The topological polar surface area (TPSA) is 151 Å². The number of allylic oxidation sites excluding steroid dienone is 1. The number of hydrogen-bond donors (Lipinski definition) is 3. The van der Waals surface area contributed by atoms with Crippen LogP contribution in [0.2, 0.25) is 0 Å². The molecule has 0 bridgehead atoms. The lowest BCUT2D eigenvalue weighted by molar-refractivity contribution is 0.112. The molecule has 3 aromatic heterocycles. The van der Waals surface area contributed by atoms with Gasteiger partial charge in [-0.2, -0.15) is 10.1 Å². The van der Waals surface area contributed by atoms with Crippen molar-refractivity contribution < 1.29 is 9.21 Å². The van der Waals surface area contributed by atoms with Gasteiger partial charge in [0.15, 0.2) is 17.5 Å². The predicted octanol–water partition coefficient (Wildman–Crippen LogP) is 5.07. The number of benzene rings is 3. The van der Waals surface area contributed by atoms with E-state index in [4.69, 9.17) is 21.0 Å². The van der Waals surface area contributed by atoms with Crippen LogP contribution in [0.5, 0.6) is 0 Å². The van der Waals surface area contributed by atoms with Crippen LogP contribution in [-0.4, -0.2) is 31.0 Å². The number of rotatable bonds is 7. The Morgan fingerprint density at radius 3 is 2.72 bits per heavy atom. The first kappa shape index (κ1) is 23.9. The zero-order chi connectivity index (χ0) is 26.9. The average molecular weight is 517 g/mol. The van der Waals surface area contributed by atoms with Crippen LogP contribution in [0.15, 0.2) is 83.2 Å². The molecule has 3 heterocycles. The van der Waals surface area contributed by atoms with Crippen molar-refractivity contribution in [3.63, 3.8) is 0 Å². The highest BCUT2D eigenvalue weighted by atomic mass is 16.4. The maximum Gasteiger partial charge on any atom is 0.292 e.